The number of nitrogens with two attached hydrogens (primary N) is 2. The van der Waals surface area contributed by atoms with Crippen LogP contribution in [0.4, 0.5) is 0 Å². The molecule has 1 unspecified atom stereocenters. The highest BCUT2D eigenvalue weighted by Gasteiger charge is 2.30. The molecule has 0 spiro atoms. The summed E-state index contributed by atoms with van der Waals surface area (Å²) in [6.45, 7) is 3.02. The van der Waals surface area contributed by atoms with E-state index in [1.54, 1.807) is 6.92 Å². The van der Waals surface area contributed by atoms with E-state index in [9.17, 15) is 9.59 Å². The first-order valence-corrected chi connectivity index (χ1v) is 7.20. The highest BCUT2D eigenvalue weighted by molar-refractivity contribution is 5.89. The molecule has 1 fully saturated rings. The monoisotopic (exact) mass is 282 g/mol. The van der Waals surface area contributed by atoms with Crippen molar-refractivity contribution in [2.24, 2.45) is 22.4 Å². The van der Waals surface area contributed by atoms with E-state index in [1.807, 2.05) is 7.05 Å². The average Bonchev–Trinajstić information content (AvgIpc) is 2.78. The second kappa shape index (κ2) is 7.99. The summed E-state index contributed by atoms with van der Waals surface area (Å²) in [5.41, 5.74) is 10.5. The van der Waals surface area contributed by atoms with Crippen molar-refractivity contribution in [3.8, 4) is 0 Å². The third-order valence-electron chi connectivity index (χ3n) is 3.92. The molecule has 0 saturated carbocycles. The number of hydrogen-bond donors (Lipinski definition) is 2. The summed E-state index contributed by atoms with van der Waals surface area (Å²) < 4.78 is 0. The van der Waals surface area contributed by atoms with Crippen molar-refractivity contribution in [3.63, 3.8) is 0 Å². The van der Waals surface area contributed by atoms with Crippen LogP contribution in [0, 0.1) is 5.92 Å². The van der Waals surface area contributed by atoms with Gasteiger partial charge in [0.25, 0.3) is 0 Å². The Kier molecular flexibility index (Phi) is 6.64. The molecular weight excluding hydrogens is 256 g/mol. The lowest BCUT2D eigenvalue weighted by molar-refractivity contribution is -0.129. The number of carbonyl (C=O) groups is 2. The van der Waals surface area contributed by atoms with E-state index in [0.717, 1.165) is 25.8 Å². The molecule has 1 heterocycles. The smallest absolute Gasteiger partial charge is 0.185 e. The Balaban J connectivity index is 2.44. The predicted octanol–water partition coefficient (Wildman–Crippen LogP) is 0.299. The molecule has 0 aromatic heterocycles. The van der Waals surface area contributed by atoms with Gasteiger partial charge in [-0.05, 0) is 46.2 Å². The first-order chi connectivity index (χ1) is 9.41. The molecule has 0 amide bonds. The van der Waals surface area contributed by atoms with Gasteiger partial charge in [-0.3, -0.25) is 19.5 Å². The van der Waals surface area contributed by atoms with Crippen LogP contribution in [0.2, 0.25) is 0 Å². The summed E-state index contributed by atoms with van der Waals surface area (Å²) in [6.07, 6.45) is 3.69. The molecule has 6 nitrogen and oxygen atoms in total. The molecule has 2 atom stereocenters. The summed E-state index contributed by atoms with van der Waals surface area (Å²) >= 11 is 0. The van der Waals surface area contributed by atoms with Crippen LogP contribution in [-0.4, -0.2) is 48.6 Å². The summed E-state index contributed by atoms with van der Waals surface area (Å²) in [6, 6.07) is -0.00504. The Morgan fingerprint density at radius 2 is 2.10 bits per heavy atom. The second-order valence-electron chi connectivity index (χ2n) is 5.57. The van der Waals surface area contributed by atoms with E-state index in [1.165, 1.54) is 0 Å². The number of likely N-dealkylation sites (N-methyl/N-ethyl adjacent to an activating group) is 1. The highest BCUT2D eigenvalue weighted by Crippen LogP contribution is 2.21. The largest absolute Gasteiger partial charge is 0.370 e. The summed E-state index contributed by atoms with van der Waals surface area (Å²) in [5.74, 6) is 0.120. The summed E-state index contributed by atoms with van der Waals surface area (Å²) in [4.78, 5) is 29.9. The van der Waals surface area contributed by atoms with Crippen LogP contribution in [0.25, 0.3) is 0 Å². The third kappa shape index (κ3) is 5.28. The van der Waals surface area contributed by atoms with Crippen molar-refractivity contribution in [1.82, 2.24) is 4.90 Å². The highest BCUT2D eigenvalue weighted by atomic mass is 16.1. The molecule has 0 bridgehead atoms. The van der Waals surface area contributed by atoms with Crippen molar-refractivity contribution in [2.45, 2.75) is 45.1 Å². The first kappa shape index (κ1) is 16.6. The molecule has 0 aromatic rings. The number of ketones is 2. The van der Waals surface area contributed by atoms with Crippen LogP contribution in [-0.2, 0) is 9.59 Å². The molecule has 1 aliphatic heterocycles. The zero-order valence-corrected chi connectivity index (χ0v) is 12.5. The maximum absolute atomic E-state index is 12.3. The lowest BCUT2D eigenvalue weighted by Gasteiger charge is -2.20. The van der Waals surface area contributed by atoms with E-state index in [-0.39, 0.29) is 29.5 Å². The van der Waals surface area contributed by atoms with Gasteiger partial charge in [-0.1, -0.05) is 0 Å². The van der Waals surface area contributed by atoms with Crippen LogP contribution < -0.4 is 11.5 Å². The molecular formula is C14H26N4O2. The molecule has 114 valence electrons. The number of nitrogens with zero attached hydrogens (tertiary/aromatic N) is 2. The Bertz CT molecular complexity index is 377. The number of likely N-dealkylation sites (tertiary alicyclic amines) is 1. The summed E-state index contributed by atoms with van der Waals surface area (Å²) in [5, 5.41) is 0. The number of carbonyl (C=O) groups excluding carboxylic acids is 2. The van der Waals surface area contributed by atoms with Crippen molar-refractivity contribution in [3.05, 3.63) is 0 Å². The molecule has 6 heteroatoms. The van der Waals surface area contributed by atoms with Crippen molar-refractivity contribution < 1.29 is 9.59 Å². The molecule has 0 radical (unpaired) electrons. The van der Waals surface area contributed by atoms with Crippen molar-refractivity contribution in [2.75, 3.05) is 20.1 Å². The van der Waals surface area contributed by atoms with Gasteiger partial charge in [-0.25, -0.2) is 0 Å². The van der Waals surface area contributed by atoms with Gasteiger partial charge < -0.3 is 11.5 Å². The number of Topliss-reactive ketones (excluding diaryl/α,β-unsaturated/α-hetero) is 2. The van der Waals surface area contributed by atoms with E-state index in [4.69, 9.17) is 11.5 Å². The molecule has 1 saturated heterocycles. The van der Waals surface area contributed by atoms with Gasteiger partial charge in [0, 0.05) is 18.9 Å². The minimum Gasteiger partial charge on any atom is -0.370 e. The van der Waals surface area contributed by atoms with E-state index in [2.05, 4.69) is 9.89 Å². The van der Waals surface area contributed by atoms with Gasteiger partial charge in [0.15, 0.2) is 11.7 Å². The zero-order valence-electron chi connectivity index (χ0n) is 12.5. The van der Waals surface area contributed by atoms with Gasteiger partial charge in [-0.15, -0.1) is 0 Å². The van der Waals surface area contributed by atoms with Gasteiger partial charge in [-0.2, -0.15) is 0 Å². The normalized spacial score (nSPS) is 20.6. The number of rotatable bonds is 8. The first-order valence-electron chi connectivity index (χ1n) is 7.20. The standard InChI is InChI=1S/C14H26N4O2/c1-10(19)11(5-3-7-17-14(15)16)9-13(20)12-6-4-8-18(12)2/h11-12H,3-9H2,1-2H3,(H4,15,16,17)/t11?,12-/m0/s1. The maximum Gasteiger partial charge on any atom is 0.185 e. The van der Waals surface area contributed by atoms with E-state index >= 15 is 0 Å². The molecule has 1 aliphatic rings. The fourth-order valence-electron chi connectivity index (χ4n) is 2.69. The molecule has 0 aliphatic carbocycles. The Hall–Kier alpha value is -1.43. The Morgan fingerprint density at radius 3 is 2.60 bits per heavy atom. The molecule has 4 N–H and O–H groups in total. The van der Waals surface area contributed by atoms with Crippen LogP contribution in [0.15, 0.2) is 4.99 Å². The second-order valence-corrected chi connectivity index (χ2v) is 5.57. The average molecular weight is 282 g/mol. The van der Waals surface area contributed by atoms with Gasteiger partial charge >= 0.3 is 0 Å². The Labute approximate surface area is 120 Å². The minimum atomic E-state index is -0.203. The number of aliphatic imine (C=N–C) groups is 1. The van der Waals surface area contributed by atoms with E-state index < -0.39 is 0 Å². The minimum absolute atomic E-state index is 0.00504. The summed E-state index contributed by atoms with van der Waals surface area (Å²) in [7, 11) is 1.97. The third-order valence-corrected chi connectivity index (χ3v) is 3.92. The quantitative estimate of drug-likeness (QED) is 0.379. The molecule has 20 heavy (non-hydrogen) atoms. The van der Waals surface area contributed by atoms with Gasteiger partial charge in [0.05, 0.1) is 6.04 Å². The number of guanidine groups is 1. The van der Waals surface area contributed by atoms with E-state index in [0.29, 0.717) is 19.4 Å². The van der Waals surface area contributed by atoms with Crippen molar-refractivity contribution in [1.29, 1.82) is 0 Å². The van der Waals surface area contributed by atoms with Gasteiger partial charge in [0.1, 0.15) is 5.78 Å². The lowest BCUT2D eigenvalue weighted by Crippen LogP contribution is -2.34. The molecule has 1 rings (SSSR count). The van der Waals surface area contributed by atoms with Crippen LogP contribution in [0.1, 0.15) is 39.0 Å². The molecule has 0 aromatic carbocycles. The van der Waals surface area contributed by atoms with Crippen LogP contribution in [0.3, 0.4) is 0 Å². The Morgan fingerprint density at radius 1 is 1.40 bits per heavy atom. The topological polar surface area (TPSA) is 102 Å². The zero-order chi connectivity index (χ0) is 15.1. The van der Waals surface area contributed by atoms with Crippen LogP contribution >= 0.6 is 0 Å². The van der Waals surface area contributed by atoms with Crippen LogP contribution in [0.5, 0.6) is 0 Å². The lowest BCUT2D eigenvalue weighted by atomic mass is 9.90. The van der Waals surface area contributed by atoms with Gasteiger partial charge in [0.2, 0.25) is 0 Å². The number of hydrogen-bond acceptors (Lipinski definition) is 4. The predicted molar refractivity (Wildman–Crippen MR) is 79.4 cm³/mol. The van der Waals surface area contributed by atoms with Crippen molar-refractivity contribution >= 4 is 17.5 Å². The fourth-order valence-corrected chi connectivity index (χ4v) is 2.69. The maximum atomic E-state index is 12.3. The fraction of sp³-hybridized carbons (Fsp3) is 0.786. The SMILES string of the molecule is CC(=O)C(CCCN=C(N)N)CC(=O)[C@@H]1CCCN1C.